The third-order valence-electron chi connectivity index (χ3n) is 1.58. The summed E-state index contributed by atoms with van der Waals surface area (Å²) in [6, 6.07) is 1.84. The van der Waals surface area contributed by atoms with Crippen LogP contribution >= 0.6 is 22.6 Å². The molecule has 72 valence electrons. The van der Waals surface area contributed by atoms with Crippen LogP contribution in [0.1, 0.15) is 0 Å². The summed E-state index contributed by atoms with van der Waals surface area (Å²) in [6.07, 6.45) is 5.31. The Labute approximate surface area is 94.7 Å². The molecule has 0 saturated heterocycles. The molecule has 2 aromatic heterocycles. The molecular formula is C8H8IN5. The standard InChI is InChI=1S/C8H8IN5/c1-14-5-6(4-11-14)12-8-10-3-2-7(9)13-8/h2-5H,1H3,(H,10,12,13). The van der Waals surface area contributed by atoms with Crippen molar-refractivity contribution in [3.05, 3.63) is 28.4 Å². The molecule has 0 saturated carbocycles. The Kier molecular flexibility index (Phi) is 2.62. The highest BCUT2D eigenvalue weighted by Crippen LogP contribution is 2.11. The zero-order chi connectivity index (χ0) is 9.97. The molecule has 0 unspecified atom stereocenters. The highest BCUT2D eigenvalue weighted by atomic mass is 127. The predicted octanol–water partition coefficient (Wildman–Crippen LogP) is 1.56. The van der Waals surface area contributed by atoms with Gasteiger partial charge >= 0.3 is 0 Å². The summed E-state index contributed by atoms with van der Waals surface area (Å²) in [5.41, 5.74) is 0.884. The predicted molar refractivity (Wildman–Crippen MR) is 61.2 cm³/mol. The lowest BCUT2D eigenvalue weighted by atomic mass is 10.5. The molecule has 2 rings (SSSR count). The molecule has 0 aliphatic heterocycles. The van der Waals surface area contributed by atoms with Gasteiger partial charge in [0.15, 0.2) is 0 Å². The van der Waals surface area contributed by atoms with Crippen molar-refractivity contribution >= 4 is 34.2 Å². The number of hydrogen-bond donors (Lipinski definition) is 1. The first kappa shape index (κ1) is 9.38. The first-order valence-corrected chi connectivity index (χ1v) is 5.06. The number of aromatic nitrogens is 4. The molecule has 0 radical (unpaired) electrons. The van der Waals surface area contributed by atoms with Gasteiger partial charge in [0, 0.05) is 19.4 Å². The molecule has 0 aliphatic carbocycles. The van der Waals surface area contributed by atoms with E-state index in [4.69, 9.17) is 0 Å². The highest BCUT2D eigenvalue weighted by Gasteiger charge is 1.99. The largest absolute Gasteiger partial charge is 0.321 e. The van der Waals surface area contributed by atoms with Gasteiger partial charge in [-0.05, 0) is 28.7 Å². The Morgan fingerprint density at radius 2 is 2.36 bits per heavy atom. The van der Waals surface area contributed by atoms with Crippen LogP contribution in [0.4, 0.5) is 11.6 Å². The molecule has 0 aliphatic rings. The molecule has 0 aromatic carbocycles. The van der Waals surface area contributed by atoms with Crippen LogP contribution in [-0.2, 0) is 7.05 Å². The maximum atomic E-state index is 4.21. The zero-order valence-electron chi connectivity index (χ0n) is 7.48. The first-order valence-electron chi connectivity index (χ1n) is 3.98. The van der Waals surface area contributed by atoms with Crippen molar-refractivity contribution in [1.29, 1.82) is 0 Å². The van der Waals surface area contributed by atoms with Crippen molar-refractivity contribution in [3.8, 4) is 0 Å². The fourth-order valence-corrected chi connectivity index (χ4v) is 1.40. The van der Waals surface area contributed by atoms with Gasteiger partial charge in [-0.25, -0.2) is 9.97 Å². The number of nitrogens with one attached hydrogen (secondary N) is 1. The molecule has 6 heteroatoms. The van der Waals surface area contributed by atoms with Crippen LogP contribution in [0.2, 0.25) is 0 Å². The summed E-state index contributed by atoms with van der Waals surface area (Å²) in [6.45, 7) is 0. The Bertz CT molecular complexity index is 439. The van der Waals surface area contributed by atoms with Crippen LogP contribution in [0.15, 0.2) is 24.7 Å². The summed E-state index contributed by atoms with van der Waals surface area (Å²) in [4.78, 5) is 8.29. The SMILES string of the molecule is Cn1cc(Nc2nccc(I)n2)cn1. The summed E-state index contributed by atoms with van der Waals surface area (Å²) in [5.74, 6) is 0.588. The number of hydrogen-bond acceptors (Lipinski definition) is 4. The van der Waals surface area contributed by atoms with Crippen molar-refractivity contribution in [2.45, 2.75) is 0 Å². The maximum Gasteiger partial charge on any atom is 0.228 e. The summed E-state index contributed by atoms with van der Waals surface area (Å²) >= 11 is 2.14. The van der Waals surface area contributed by atoms with Crippen molar-refractivity contribution in [3.63, 3.8) is 0 Å². The molecule has 0 amide bonds. The van der Waals surface area contributed by atoms with Gasteiger partial charge in [0.05, 0.1) is 11.9 Å². The normalized spacial score (nSPS) is 10.1. The Morgan fingerprint density at radius 3 is 3.00 bits per heavy atom. The molecule has 0 bridgehead atoms. The van der Waals surface area contributed by atoms with Gasteiger partial charge in [-0.15, -0.1) is 0 Å². The topological polar surface area (TPSA) is 55.6 Å². The van der Waals surface area contributed by atoms with E-state index in [9.17, 15) is 0 Å². The highest BCUT2D eigenvalue weighted by molar-refractivity contribution is 14.1. The molecule has 1 N–H and O–H groups in total. The summed E-state index contributed by atoms with van der Waals surface area (Å²) < 4.78 is 2.62. The second-order valence-electron chi connectivity index (χ2n) is 2.73. The minimum absolute atomic E-state index is 0.588. The van der Waals surface area contributed by atoms with Crippen LogP contribution in [0.25, 0.3) is 0 Å². The monoisotopic (exact) mass is 301 g/mol. The van der Waals surface area contributed by atoms with Gasteiger partial charge in [0.1, 0.15) is 3.70 Å². The molecular weight excluding hydrogens is 293 g/mol. The van der Waals surface area contributed by atoms with Crippen LogP contribution in [-0.4, -0.2) is 19.7 Å². The Balaban J connectivity index is 2.18. The average Bonchev–Trinajstić information content (AvgIpc) is 2.51. The number of anilines is 2. The van der Waals surface area contributed by atoms with E-state index < -0.39 is 0 Å². The van der Waals surface area contributed by atoms with E-state index in [1.807, 2.05) is 19.3 Å². The van der Waals surface area contributed by atoms with Gasteiger partial charge in [-0.3, -0.25) is 4.68 Å². The number of nitrogens with zero attached hydrogens (tertiary/aromatic N) is 4. The van der Waals surface area contributed by atoms with Crippen LogP contribution in [0.5, 0.6) is 0 Å². The van der Waals surface area contributed by atoms with Gasteiger partial charge < -0.3 is 5.32 Å². The lowest BCUT2D eigenvalue weighted by Gasteiger charge is -2.00. The van der Waals surface area contributed by atoms with Gasteiger partial charge in [0.25, 0.3) is 0 Å². The number of aryl methyl sites for hydroxylation is 1. The fraction of sp³-hybridized carbons (Fsp3) is 0.125. The lowest BCUT2D eigenvalue weighted by molar-refractivity contribution is 0.768. The zero-order valence-corrected chi connectivity index (χ0v) is 9.63. The number of rotatable bonds is 2. The average molecular weight is 301 g/mol. The molecule has 2 heterocycles. The molecule has 0 spiro atoms. The third kappa shape index (κ3) is 2.19. The van der Waals surface area contributed by atoms with Crippen LogP contribution < -0.4 is 5.32 Å². The van der Waals surface area contributed by atoms with Gasteiger partial charge in [0.2, 0.25) is 5.95 Å². The van der Waals surface area contributed by atoms with E-state index in [2.05, 4.69) is 43.0 Å². The van der Waals surface area contributed by atoms with Crippen LogP contribution in [0.3, 0.4) is 0 Å². The van der Waals surface area contributed by atoms with E-state index in [1.54, 1.807) is 17.1 Å². The van der Waals surface area contributed by atoms with Crippen LogP contribution in [0, 0.1) is 3.70 Å². The molecule has 0 atom stereocenters. The van der Waals surface area contributed by atoms with Gasteiger partial charge in [-0.1, -0.05) is 0 Å². The minimum atomic E-state index is 0.588. The van der Waals surface area contributed by atoms with Gasteiger partial charge in [-0.2, -0.15) is 5.10 Å². The quantitative estimate of drug-likeness (QED) is 0.675. The van der Waals surface area contributed by atoms with Crippen molar-refractivity contribution in [2.75, 3.05) is 5.32 Å². The molecule has 2 aromatic rings. The van der Waals surface area contributed by atoms with E-state index >= 15 is 0 Å². The fourth-order valence-electron chi connectivity index (χ4n) is 1.01. The Morgan fingerprint density at radius 1 is 1.50 bits per heavy atom. The molecule has 5 nitrogen and oxygen atoms in total. The summed E-state index contributed by atoms with van der Waals surface area (Å²) in [5, 5.41) is 7.09. The van der Waals surface area contributed by atoms with E-state index in [1.165, 1.54) is 0 Å². The third-order valence-corrected chi connectivity index (χ3v) is 2.18. The van der Waals surface area contributed by atoms with Crippen molar-refractivity contribution < 1.29 is 0 Å². The number of halogens is 1. The van der Waals surface area contributed by atoms with E-state index in [0.717, 1.165) is 9.39 Å². The maximum absolute atomic E-state index is 4.21. The van der Waals surface area contributed by atoms with E-state index in [0.29, 0.717) is 5.95 Å². The van der Waals surface area contributed by atoms with E-state index in [-0.39, 0.29) is 0 Å². The minimum Gasteiger partial charge on any atom is -0.321 e. The second-order valence-corrected chi connectivity index (χ2v) is 3.84. The first-order chi connectivity index (χ1) is 6.74. The van der Waals surface area contributed by atoms with Crippen molar-refractivity contribution in [1.82, 2.24) is 19.7 Å². The Hall–Kier alpha value is -1.18. The molecule has 0 fully saturated rings. The smallest absolute Gasteiger partial charge is 0.228 e. The van der Waals surface area contributed by atoms with Crippen molar-refractivity contribution in [2.24, 2.45) is 7.05 Å². The molecule has 14 heavy (non-hydrogen) atoms. The summed E-state index contributed by atoms with van der Waals surface area (Å²) in [7, 11) is 1.86. The lowest BCUT2D eigenvalue weighted by Crippen LogP contribution is -1.96. The second kappa shape index (κ2) is 3.91.